The molecule has 3 rings (SSSR count). The van der Waals surface area contributed by atoms with Gasteiger partial charge in [-0.05, 0) is 54.6 Å². The second kappa shape index (κ2) is 8.50. The van der Waals surface area contributed by atoms with Gasteiger partial charge in [-0.3, -0.25) is 9.59 Å². The molecule has 140 valence electrons. The molecule has 0 aliphatic rings. The number of carbonyl (C=O) groups is 2. The molecule has 0 radical (unpaired) electrons. The third-order valence-corrected chi connectivity index (χ3v) is 3.78. The molecule has 7 heteroatoms. The van der Waals surface area contributed by atoms with Crippen molar-refractivity contribution in [2.75, 3.05) is 21.7 Å². The summed E-state index contributed by atoms with van der Waals surface area (Å²) in [4.78, 5) is 27.8. The van der Waals surface area contributed by atoms with Crippen LogP contribution >= 0.6 is 0 Å². The van der Waals surface area contributed by atoms with Crippen LogP contribution in [-0.4, -0.2) is 16.8 Å². The monoisotopic (exact) mass is 373 g/mol. The van der Waals surface area contributed by atoms with Crippen molar-refractivity contribution in [1.82, 2.24) is 4.98 Å². The van der Waals surface area contributed by atoms with Crippen LogP contribution in [0.4, 0.5) is 28.6 Å². The zero-order valence-electron chi connectivity index (χ0n) is 15.0. The zero-order chi connectivity index (χ0) is 19.9. The van der Waals surface area contributed by atoms with E-state index in [4.69, 9.17) is 5.73 Å². The minimum absolute atomic E-state index is 0.226. The Morgan fingerprint density at radius 3 is 2.39 bits per heavy atom. The molecule has 2 amide bonds. The second-order valence-corrected chi connectivity index (χ2v) is 5.91. The Bertz CT molecular complexity index is 1020. The molecule has 2 aromatic carbocycles. The Hall–Kier alpha value is -4.13. The highest BCUT2D eigenvalue weighted by Gasteiger charge is 2.07. The maximum atomic E-state index is 12.3. The van der Waals surface area contributed by atoms with Gasteiger partial charge in [0.25, 0.3) is 5.91 Å². The summed E-state index contributed by atoms with van der Waals surface area (Å²) < 4.78 is 0. The van der Waals surface area contributed by atoms with E-state index in [1.54, 1.807) is 54.7 Å². The third-order valence-electron chi connectivity index (χ3n) is 3.78. The van der Waals surface area contributed by atoms with E-state index in [1.807, 2.05) is 12.1 Å². The number of amides is 2. The van der Waals surface area contributed by atoms with Crippen LogP contribution < -0.4 is 21.7 Å². The van der Waals surface area contributed by atoms with Crippen molar-refractivity contribution in [3.63, 3.8) is 0 Å². The lowest BCUT2D eigenvalue weighted by molar-refractivity contribution is -0.111. The molecule has 28 heavy (non-hydrogen) atoms. The van der Waals surface area contributed by atoms with Gasteiger partial charge in [0.15, 0.2) is 0 Å². The minimum atomic E-state index is -0.336. The van der Waals surface area contributed by atoms with Crippen molar-refractivity contribution in [2.45, 2.75) is 0 Å². The molecule has 0 saturated heterocycles. The fraction of sp³-hybridized carbons (Fsp3) is 0. The average molecular weight is 373 g/mol. The van der Waals surface area contributed by atoms with Crippen LogP contribution in [0.15, 0.2) is 79.5 Å². The van der Waals surface area contributed by atoms with Crippen LogP contribution in [0.5, 0.6) is 0 Å². The standard InChI is InChI=1S/C21H19N5O2/c1-2-20(27)26-19-13-18(10-11-23-19)24-16-4-3-5-17(12-16)25-21(28)14-6-8-15(22)9-7-14/h2-13H,1,22H2,(H,25,28)(H2,23,24,26,27). The Morgan fingerprint density at radius 2 is 1.64 bits per heavy atom. The minimum Gasteiger partial charge on any atom is -0.399 e. The normalized spacial score (nSPS) is 10.0. The fourth-order valence-electron chi connectivity index (χ4n) is 2.43. The summed E-state index contributed by atoms with van der Waals surface area (Å²) in [5.41, 5.74) is 8.90. The Balaban J connectivity index is 1.70. The van der Waals surface area contributed by atoms with Gasteiger partial charge in [0.1, 0.15) is 5.82 Å². The van der Waals surface area contributed by atoms with Gasteiger partial charge in [0.05, 0.1) is 0 Å². The van der Waals surface area contributed by atoms with E-state index in [0.29, 0.717) is 22.8 Å². The number of benzene rings is 2. The van der Waals surface area contributed by atoms with Gasteiger partial charge in [-0.25, -0.2) is 4.98 Å². The number of nitrogens with zero attached hydrogens (tertiary/aromatic N) is 1. The van der Waals surface area contributed by atoms with Crippen LogP contribution in [0.25, 0.3) is 0 Å². The van der Waals surface area contributed by atoms with Gasteiger partial charge in [0.2, 0.25) is 5.91 Å². The first-order valence-electron chi connectivity index (χ1n) is 8.47. The first kappa shape index (κ1) is 18.7. The third kappa shape index (κ3) is 4.95. The van der Waals surface area contributed by atoms with Gasteiger partial charge in [-0.15, -0.1) is 0 Å². The molecule has 0 bridgehead atoms. The van der Waals surface area contributed by atoms with E-state index in [1.165, 1.54) is 6.08 Å². The highest BCUT2D eigenvalue weighted by atomic mass is 16.2. The molecule has 3 aromatic rings. The number of hydrogen-bond acceptors (Lipinski definition) is 5. The number of carbonyl (C=O) groups excluding carboxylic acids is 2. The topological polar surface area (TPSA) is 109 Å². The fourth-order valence-corrected chi connectivity index (χ4v) is 2.43. The van der Waals surface area contributed by atoms with Crippen LogP contribution in [0, 0.1) is 0 Å². The molecule has 0 unspecified atom stereocenters. The SMILES string of the molecule is C=CC(=O)Nc1cc(Nc2cccc(NC(=O)c3ccc(N)cc3)c2)ccn1. The summed E-state index contributed by atoms with van der Waals surface area (Å²) in [6.45, 7) is 3.41. The van der Waals surface area contributed by atoms with E-state index >= 15 is 0 Å². The number of aromatic nitrogens is 1. The van der Waals surface area contributed by atoms with Gasteiger partial charge in [-0.1, -0.05) is 12.6 Å². The molecule has 0 atom stereocenters. The first-order chi connectivity index (χ1) is 13.5. The number of anilines is 5. The number of nitrogens with two attached hydrogens (primary N) is 1. The predicted molar refractivity (Wildman–Crippen MR) is 112 cm³/mol. The van der Waals surface area contributed by atoms with Crippen LogP contribution in [0.1, 0.15) is 10.4 Å². The molecule has 0 aliphatic carbocycles. The zero-order valence-corrected chi connectivity index (χ0v) is 15.0. The van der Waals surface area contributed by atoms with Crippen LogP contribution in [0.3, 0.4) is 0 Å². The molecule has 5 N–H and O–H groups in total. The Morgan fingerprint density at radius 1 is 0.929 bits per heavy atom. The van der Waals surface area contributed by atoms with Crippen LogP contribution in [0.2, 0.25) is 0 Å². The van der Waals surface area contributed by atoms with Gasteiger partial charge in [0, 0.05) is 40.6 Å². The van der Waals surface area contributed by atoms with Crippen molar-refractivity contribution >= 4 is 40.4 Å². The maximum Gasteiger partial charge on any atom is 0.255 e. The number of nitrogen functional groups attached to an aromatic ring is 1. The molecule has 0 fully saturated rings. The molecule has 7 nitrogen and oxygen atoms in total. The Kier molecular flexibility index (Phi) is 5.66. The molecule has 0 spiro atoms. The van der Waals surface area contributed by atoms with Gasteiger partial charge >= 0.3 is 0 Å². The summed E-state index contributed by atoms with van der Waals surface area (Å²) in [7, 11) is 0. The Labute approximate surface area is 162 Å². The van der Waals surface area contributed by atoms with Crippen molar-refractivity contribution in [1.29, 1.82) is 0 Å². The highest BCUT2D eigenvalue weighted by Crippen LogP contribution is 2.22. The largest absolute Gasteiger partial charge is 0.399 e. The smallest absolute Gasteiger partial charge is 0.255 e. The lowest BCUT2D eigenvalue weighted by Crippen LogP contribution is -2.12. The van der Waals surface area contributed by atoms with Crippen molar-refractivity contribution in [2.24, 2.45) is 0 Å². The first-order valence-corrected chi connectivity index (χ1v) is 8.47. The number of rotatable bonds is 6. The lowest BCUT2D eigenvalue weighted by Gasteiger charge is -2.11. The lowest BCUT2D eigenvalue weighted by atomic mass is 10.2. The van der Waals surface area contributed by atoms with E-state index in [9.17, 15) is 9.59 Å². The number of pyridine rings is 1. The molecular weight excluding hydrogens is 354 g/mol. The van der Waals surface area contributed by atoms with E-state index < -0.39 is 0 Å². The van der Waals surface area contributed by atoms with E-state index in [-0.39, 0.29) is 11.8 Å². The average Bonchev–Trinajstić information content (AvgIpc) is 2.69. The van der Waals surface area contributed by atoms with Crippen molar-refractivity contribution in [3.05, 3.63) is 85.1 Å². The molecule has 1 aromatic heterocycles. The molecule has 0 saturated carbocycles. The van der Waals surface area contributed by atoms with E-state index in [0.717, 1.165) is 11.4 Å². The summed E-state index contributed by atoms with van der Waals surface area (Å²) >= 11 is 0. The number of hydrogen-bond donors (Lipinski definition) is 4. The molecule has 0 aliphatic heterocycles. The summed E-state index contributed by atoms with van der Waals surface area (Å²) in [5, 5.41) is 8.66. The maximum absolute atomic E-state index is 12.3. The van der Waals surface area contributed by atoms with Crippen molar-refractivity contribution in [3.8, 4) is 0 Å². The van der Waals surface area contributed by atoms with Crippen LogP contribution in [-0.2, 0) is 4.79 Å². The summed E-state index contributed by atoms with van der Waals surface area (Å²) in [6.07, 6.45) is 2.75. The summed E-state index contributed by atoms with van der Waals surface area (Å²) in [6, 6.07) is 17.4. The van der Waals surface area contributed by atoms with Crippen molar-refractivity contribution < 1.29 is 9.59 Å². The molecule has 1 heterocycles. The summed E-state index contributed by atoms with van der Waals surface area (Å²) in [5.74, 6) is -0.157. The van der Waals surface area contributed by atoms with Gasteiger partial charge < -0.3 is 21.7 Å². The quantitative estimate of drug-likeness (QED) is 0.388. The number of nitrogens with one attached hydrogen (secondary N) is 3. The van der Waals surface area contributed by atoms with E-state index in [2.05, 4.69) is 27.5 Å². The second-order valence-electron chi connectivity index (χ2n) is 5.91. The van der Waals surface area contributed by atoms with Gasteiger partial charge in [-0.2, -0.15) is 0 Å². The molecular formula is C21H19N5O2. The predicted octanol–water partition coefficient (Wildman–Crippen LogP) is 3.78. The highest BCUT2D eigenvalue weighted by molar-refractivity contribution is 6.04.